The number of H-pyrrole nitrogens is 1. The van der Waals surface area contributed by atoms with Gasteiger partial charge in [-0.25, -0.2) is 0 Å². The van der Waals surface area contributed by atoms with E-state index < -0.39 is 0 Å². The smallest absolute Gasteiger partial charge is 0.265 e. The fraction of sp³-hybridized carbons (Fsp3) is 0.360. The fourth-order valence-corrected chi connectivity index (χ4v) is 3.98. The highest BCUT2D eigenvalue weighted by Crippen LogP contribution is 2.31. The molecule has 1 aromatic heterocycles. The minimum absolute atomic E-state index is 0. The van der Waals surface area contributed by atoms with Crippen molar-refractivity contribution in [2.45, 2.75) is 26.7 Å². The Morgan fingerprint density at radius 2 is 2.06 bits per heavy atom. The topological polar surface area (TPSA) is 81.8 Å². The number of aryl methyl sites for hydroxylation is 1. The Morgan fingerprint density at radius 3 is 2.91 bits per heavy atom. The molecular weight excluding hydrogens is 529 g/mol. The predicted molar refractivity (Wildman–Crippen MR) is 145 cm³/mol. The molecule has 8 heteroatoms. The molecule has 7 nitrogen and oxygen atoms in total. The molecule has 176 valence electrons. The number of nitrogens with zero attached hydrogens (tertiary/aromatic N) is 2. The van der Waals surface area contributed by atoms with Gasteiger partial charge in [0, 0.05) is 43.3 Å². The second-order valence-electron chi connectivity index (χ2n) is 7.96. The zero-order valence-corrected chi connectivity index (χ0v) is 21.5. The molecule has 0 unspecified atom stereocenters. The van der Waals surface area contributed by atoms with Crippen LogP contribution in [0.1, 0.15) is 24.5 Å². The summed E-state index contributed by atoms with van der Waals surface area (Å²) < 4.78 is 5.51. The monoisotopic (exact) mass is 561 g/mol. The Kier molecular flexibility index (Phi) is 8.99. The summed E-state index contributed by atoms with van der Waals surface area (Å²) in [6.07, 6.45) is 3.78. The first-order valence-electron chi connectivity index (χ1n) is 11.3. The second-order valence-corrected chi connectivity index (χ2v) is 7.96. The lowest BCUT2D eigenvalue weighted by atomic mass is 10.1. The van der Waals surface area contributed by atoms with E-state index in [1.54, 1.807) is 4.90 Å². The number of rotatable bonds is 8. The molecule has 4 rings (SSSR count). The van der Waals surface area contributed by atoms with Crippen LogP contribution in [0.15, 0.2) is 53.7 Å². The highest BCUT2D eigenvalue weighted by atomic mass is 127. The number of carbonyl (C=O) groups excluding carboxylic acids is 1. The zero-order chi connectivity index (χ0) is 22.3. The van der Waals surface area contributed by atoms with E-state index in [2.05, 4.69) is 58.9 Å². The van der Waals surface area contributed by atoms with Crippen LogP contribution in [0.4, 0.5) is 5.69 Å². The SMILES string of the molecule is CCNC(=NCCCN1C(=O)COc2ccccc21)NCCc1c[nH]c2cc(C)ccc12.I. The summed E-state index contributed by atoms with van der Waals surface area (Å²) in [4.78, 5) is 22.1. The maximum atomic E-state index is 12.3. The number of ether oxygens (including phenoxy) is 1. The van der Waals surface area contributed by atoms with E-state index in [9.17, 15) is 4.79 Å². The molecule has 0 bridgehead atoms. The summed E-state index contributed by atoms with van der Waals surface area (Å²) in [6, 6.07) is 14.2. The molecule has 1 aliphatic rings. The van der Waals surface area contributed by atoms with Crippen LogP contribution in [-0.4, -0.2) is 49.6 Å². The standard InChI is InChI=1S/C25H31N5O2.HI/c1-3-26-25(28-13-11-19-16-29-21-15-18(2)9-10-20(19)21)27-12-6-14-30-22-7-4-5-8-23(22)32-17-24(30)31;/h4-5,7-10,15-16,29H,3,6,11-14,17H2,1-2H3,(H2,26,27,28);1H. The summed E-state index contributed by atoms with van der Waals surface area (Å²) in [5, 5.41) is 8.00. The number of halogens is 1. The number of hydrogen-bond acceptors (Lipinski definition) is 3. The number of para-hydroxylation sites is 2. The molecule has 0 spiro atoms. The molecule has 3 aromatic rings. The van der Waals surface area contributed by atoms with Crippen LogP contribution < -0.4 is 20.3 Å². The van der Waals surface area contributed by atoms with E-state index in [4.69, 9.17) is 4.74 Å². The van der Waals surface area contributed by atoms with Crippen LogP contribution in [0.3, 0.4) is 0 Å². The highest BCUT2D eigenvalue weighted by molar-refractivity contribution is 14.0. The number of carbonyl (C=O) groups is 1. The Morgan fingerprint density at radius 1 is 1.21 bits per heavy atom. The molecule has 0 saturated carbocycles. The van der Waals surface area contributed by atoms with E-state index in [1.807, 2.05) is 24.3 Å². The molecular formula is C25H32IN5O2. The minimum atomic E-state index is -0.00775. The Balaban J connectivity index is 0.00000306. The van der Waals surface area contributed by atoms with E-state index in [-0.39, 0.29) is 36.5 Å². The summed E-state index contributed by atoms with van der Waals surface area (Å²) >= 11 is 0. The van der Waals surface area contributed by atoms with Gasteiger partial charge >= 0.3 is 0 Å². The molecule has 0 radical (unpaired) electrons. The number of nitrogens with one attached hydrogen (secondary N) is 3. The summed E-state index contributed by atoms with van der Waals surface area (Å²) in [6.45, 7) is 7.11. The van der Waals surface area contributed by atoms with Gasteiger partial charge < -0.3 is 25.3 Å². The number of fused-ring (bicyclic) bond motifs is 2. The number of guanidine groups is 1. The number of amides is 1. The van der Waals surface area contributed by atoms with Gasteiger partial charge in [0.1, 0.15) is 5.75 Å². The van der Waals surface area contributed by atoms with E-state index in [0.29, 0.717) is 13.1 Å². The molecule has 0 atom stereocenters. The lowest BCUT2D eigenvalue weighted by Gasteiger charge is -2.29. The molecule has 1 aliphatic heterocycles. The first-order valence-corrected chi connectivity index (χ1v) is 11.3. The second kappa shape index (κ2) is 11.9. The first kappa shape index (κ1) is 24.9. The molecule has 3 N–H and O–H groups in total. The summed E-state index contributed by atoms with van der Waals surface area (Å²) in [5.41, 5.74) is 4.58. The number of hydrogen-bond donors (Lipinski definition) is 3. The van der Waals surface area contributed by atoms with Gasteiger partial charge in [0.15, 0.2) is 12.6 Å². The quantitative estimate of drug-likeness (QED) is 0.168. The van der Waals surface area contributed by atoms with E-state index >= 15 is 0 Å². The number of anilines is 1. The molecule has 0 saturated heterocycles. The maximum absolute atomic E-state index is 12.3. The van der Waals surface area contributed by atoms with Crippen LogP contribution in [0.25, 0.3) is 10.9 Å². The van der Waals surface area contributed by atoms with Crippen molar-refractivity contribution >= 4 is 52.4 Å². The third-order valence-corrected chi connectivity index (χ3v) is 5.57. The normalized spacial score (nSPS) is 13.3. The van der Waals surface area contributed by atoms with Crippen LogP contribution in [0, 0.1) is 6.92 Å². The van der Waals surface area contributed by atoms with Crippen molar-refractivity contribution in [3.05, 3.63) is 59.8 Å². The number of aromatic amines is 1. The number of aliphatic imine (C=N–C) groups is 1. The highest BCUT2D eigenvalue weighted by Gasteiger charge is 2.24. The van der Waals surface area contributed by atoms with Crippen molar-refractivity contribution in [2.24, 2.45) is 4.99 Å². The largest absolute Gasteiger partial charge is 0.482 e. The van der Waals surface area contributed by atoms with Gasteiger partial charge in [-0.15, -0.1) is 24.0 Å². The minimum Gasteiger partial charge on any atom is -0.482 e. The van der Waals surface area contributed by atoms with Gasteiger partial charge in [-0.3, -0.25) is 9.79 Å². The Hall–Kier alpha value is -2.75. The fourth-order valence-electron chi connectivity index (χ4n) is 3.98. The molecule has 0 aliphatic carbocycles. The average Bonchev–Trinajstić information content (AvgIpc) is 3.19. The predicted octanol–water partition coefficient (Wildman–Crippen LogP) is 4.01. The van der Waals surface area contributed by atoms with Gasteiger partial charge in [0.2, 0.25) is 0 Å². The van der Waals surface area contributed by atoms with Gasteiger partial charge in [0.05, 0.1) is 5.69 Å². The van der Waals surface area contributed by atoms with Crippen LogP contribution in [0.5, 0.6) is 5.75 Å². The van der Waals surface area contributed by atoms with Crippen LogP contribution in [-0.2, 0) is 11.2 Å². The van der Waals surface area contributed by atoms with Crippen molar-refractivity contribution in [3.8, 4) is 5.75 Å². The Labute approximate surface area is 212 Å². The van der Waals surface area contributed by atoms with Gasteiger partial charge in [0.25, 0.3) is 5.91 Å². The number of benzene rings is 2. The summed E-state index contributed by atoms with van der Waals surface area (Å²) in [7, 11) is 0. The van der Waals surface area contributed by atoms with Crippen LogP contribution >= 0.6 is 24.0 Å². The zero-order valence-electron chi connectivity index (χ0n) is 19.2. The lowest BCUT2D eigenvalue weighted by Crippen LogP contribution is -2.40. The van der Waals surface area contributed by atoms with Gasteiger partial charge in [-0.2, -0.15) is 0 Å². The number of aromatic nitrogens is 1. The third kappa shape index (κ3) is 6.19. The molecule has 33 heavy (non-hydrogen) atoms. The van der Waals surface area contributed by atoms with Crippen molar-refractivity contribution in [1.29, 1.82) is 0 Å². The summed E-state index contributed by atoms with van der Waals surface area (Å²) in [5.74, 6) is 1.56. The maximum Gasteiger partial charge on any atom is 0.265 e. The third-order valence-electron chi connectivity index (χ3n) is 5.57. The van der Waals surface area contributed by atoms with E-state index in [1.165, 1.54) is 22.0 Å². The average molecular weight is 561 g/mol. The van der Waals surface area contributed by atoms with Gasteiger partial charge in [-0.1, -0.05) is 24.3 Å². The van der Waals surface area contributed by atoms with Crippen molar-refractivity contribution in [3.63, 3.8) is 0 Å². The molecule has 1 amide bonds. The van der Waals surface area contributed by atoms with Crippen molar-refractivity contribution in [1.82, 2.24) is 15.6 Å². The molecule has 2 aromatic carbocycles. The van der Waals surface area contributed by atoms with Crippen molar-refractivity contribution in [2.75, 3.05) is 37.7 Å². The van der Waals surface area contributed by atoms with Crippen LogP contribution in [0.2, 0.25) is 0 Å². The first-order chi connectivity index (χ1) is 15.7. The lowest BCUT2D eigenvalue weighted by molar-refractivity contribution is -0.121. The molecule has 0 fully saturated rings. The van der Waals surface area contributed by atoms with Gasteiger partial charge in [-0.05, 0) is 56.0 Å². The van der Waals surface area contributed by atoms with Crippen molar-refractivity contribution < 1.29 is 9.53 Å². The Bertz CT molecular complexity index is 1110. The molecule has 2 heterocycles. The van der Waals surface area contributed by atoms with E-state index in [0.717, 1.165) is 43.3 Å².